The largest absolute Gasteiger partial charge is 0.493 e. The Hall–Kier alpha value is -2.30. The molecule has 1 atom stereocenters. The van der Waals surface area contributed by atoms with Crippen molar-refractivity contribution in [3.05, 3.63) is 41.1 Å². The van der Waals surface area contributed by atoms with Crippen LogP contribution in [0.5, 0.6) is 5.75 Å². The zero-order valence-electron chi connectivity index (χ0n) is 14.1. The SMILES string of the molecule is Cc1nn(C)c2c1C(c1cccc(OCC(C)C)c1)CC(=O)N2. The molecule has 1 aliphatic heterocycles. The molecule has 1 unspecified atom stereocenters. The second-order valence-corrected chi connectivity index (χ2v) is 6.55. The quantitative estimate of drug-likeness (QED) is 0.943. The summed E-state index contributed by atoms with van der Waals surface area (Å²) in [7, 11) is 1.86. The van der Waals surface area contributed by atoms with Gasteiger partial charge in [0.2, 0.25) is 5.91 Å². The molecule has 1 amide bonds. The van der Waals surface area contributed by atoms with Crippen molar-refractivity contribution in [1.29, 1.82) is 0 Å². The average Bonchev–Trinajstić information content (AvgIpc) is 2.79. The highest BCUT2D eigenvalue weighted by atomic mass is 16.5. The van der Waals surface area contributed by atoms with Crippen molar-refractivity contribution in [2.24, 2.45) is 13.0 Å². The number of benzene rings is 1. The van der Waals surface area contributed by atoms with Crippen molar-refractivity contribution >= 4 is 11.7 Å². The summed E-state index contributed by atoms with van der Waals surface area (Å²) >= 11 is 0. The number of amides is 1. The van der Waals surface area contributed by atoms with Gasteiger partial charge in [0, 0.05) is 24.9 Å². The number of carbonyl (C=O) groups excluding carboxylic acids is 1. The molecule has 23 heavy (non-hydrogen) atoms. The number of carbonyl (C=O) groups is 1. The maximum Gasteiger partial charge on any atom is 0.226 e. The second-order valence-electron chi connectivity index (χ2n) is 6.55. The summed E-state index contributed by atoms with van der Waals surface area (Å²) in [5, 5.41) is 7.39. The van der Waals surface area contributed by atoms with Crippen molar-refractivity contribution in [2.45, 2.75) is 33.1 Å². The predicted molar refractivity (Wildman–Crippen MR) is 89.8 cm³/mol. The van der Waals surface area contributed by atoms with Gasteiger partial charge in [0.15, 0.2) is 0 Å². The fraction of sp³-hybridized carbons (Fsp3) is 0.444. The third kappa shape index (κ3) is 3.09. The Morgan fingerprint density at radius 1 is 1.43 bits per heavy atom. The number of aryl methyl sites for hydroxylation is 2. The van der Waals surface area contributed by atoms with Gasteiger partial charge in [-0.2, -0.15) is 5.10 Å². The lowest BCUT2D eigenvalue weighted by Crippen LogP contribution is -2.24. The Bertz CT molecular complexity index is 734. The van der Waals surface area contributed by atoms with Crippen molar-refractivity contribution in [2.75, 3.05) is 11.9 Å². The zero-order chi connectivity index (χ0) is 16.6. The maximum atomic E-state index is 12.1. The van der Waals surface area contributed by atoms with Gasteiger partial charge in [0.1, 0.15) is 11.6 Å². The van der Waals surface area contributed by atoms with Crippen LogP contribution in [0, 0.1) is 12.8 Å². The first-order chi connectivity index (χ1) is 11.0. The minimum atomic E-state index is 0.0232. The van der Waals surface area contributed by atoms with E-state index in [4.69, 9.17) is 4.74 Å². The third-order valence-electron chi connectivity index (χ3n) is 4.11. The molecular formula is C18H23N3O2. The molecule has 2 aromatic rings. The average molecular weight is 313 g/mol. The minimum Gasteiger partial charge on any atom is -0.493 e. The summed E-state index contributed by atoms with van der Waals surface area (Å²) in [6.07, 6.45) is 0.438. The first-order valence-electron chi connectivity index (χ1n) is 8.01. The molecule has 0 saturated carbocycles. The summed E-state index contributed by atoms with van der Waals surface area (Å²) in [6, 6.07) is 8.05. The number of hydrogen-bond acceptors (Lipinski definition) is 3. The van der Waals surface area contributed by atoms with Gasteiger partial charge in [-0.05, 0) is 30.5 Å². The zero-order valence-corrected chi connectivity index (χ0v) is 14.1. The standard InChI is InChI=1S/C18H23N3O2/c1-11(2)10-23-14-7-5-6-13(8-14)15-9-16(22)19-18-17(15)12(3)20-21(18)4/h5-8,11,15H,9-10H2,1-4H3,(H,19,22). The van der Waals surface area contributed by atoms with Crippen molar-refractivity contribution in [3.63, 3.8) is 0 Å². The van der Waals surface area contributed by atoms with E-state index in [2.05, 4.69) is 30.3 Å². The smallest absolute Gasteiger partial charge is 0.226 e. The van der Waals surface area contributed by atoms with E-state index in [1.807, 2.05) is 32.2 Å². The van der Waals surface area contributed by atoms with Crippen molar-refractivity contribution < 1.29 is 9.53 Å². The Morgan fingerprint density at radius 2 is 2.22 bits per heavy atom. The van der Waals surface area contributed by atoms with E-state index in [1.54, 1.807) is 4.68 Å². The molecule has 1 aromatic heterocycles. The summed E-state index contributed by atoms with van der Waals surface area (Å²) in [5.41, 5.74) is 3.16. The molecule has 5 nitrogen and oxygen atoms in total. The van der Waals surface area contributed by atoms with Crippen molar-refractivity contribution in [1.82, 2.24) is 9.78 Å². The van der Waals surface area contributed by atoms with E-state index in [9.17, 15) is 4.79 Å². The van der Waals surface area contributed by atoms with Crippen LogP contribution in [0.2, 0.25) is 0 Å². The number of nitrogens with one attached hydrogen (secondary N) is 1. The van der Waals surface area contributed by atoms with E-state index in [0.717, 1.165) is 28.4 Å². The third-order valence-corrected chi connectivity index (χ3v) is 4.11. The number of ether oxygens (including phenoxy) is 1. The molecule has 0 bridgehead atoms. The van der Waals surface area contributed by atoms with Crippen molar-refractivity contribution in [3.8, 4) is 5.75 Å². The Labute approximate surface area is 136 Å². The van der Waals surface area contributed by atoms with Crippen LogP contribution in [0.4, 0.5) is 5.82 Å². The molecule has 3 rings (SSSR count). The molecule has 0 aliphatic carbocycles. The van der Waals surface area contributed by atoms with Gasteiger partial charge in [-0.15, -0.1) is 0 Å². The van der Waals surface area contributed by atoms with Crippen LogP contribution in [0.15, 0.2) is 24.3 Å². The number of hydrogen-bond donors (Lipinski definition) is 1. The van der Waals surface area contributed by atoms with Crippen LogP contribution in [0.25, 0.3) is 0 Å². The van der Waals surface area contributed by atoms with Crippen LogP contribution < -0.4 is 10.1 Å². The van der Waals surface area contributed by atoms with Gasteiger partial charge < -0.3 is 10.1 Å². The lowest BCUT2D eigenvalue weighted by Gasteiger charge is -2.24. The summed E-state index contributed by atoms with van der Waals surface area (Å²) in [5.74, 6) is 2.18. The molecule has 0 spiro atoms. The molecule has 0 saturated heterocycles. The lowest BCUT2D eigenvalue weighted by molar-refractivity contribution is -0.116. The highest BCUT2D eigenvalue weighted by Crippen LogP contribution is 2.39. The molecule has 1 aliphatic rings. The highest BCUT2D eigenvalue weighted by molar-refractivity contribution is 5.94. The topological polar surface area (TPSA) is 56.2 Å². The summed E-state index contributed by atoms with van der Waals surface area (Å²) in [6.45, 7) is 6.93. The molecule has 5 heteroatoms. The maximum absolute atomic E-state index is 12.1. The van der Waals surface area contributed by atoms with Crippen LogP contribution in [0.3, 0.4) is 0 Å². The van der Waals surface area contributed by atoms with Crippen LogP contribution >= 0.6 is 0 Å². The lowest BCUT2D eigenvalue weighted by atomic mass is 9.86. The fourth-order valence-electron chi connectivity index (χ4n) is 3.08. The molecule has 0 radical (unpaired) electrons. The number of anilines is 1. The van der Waals surface area contributed by atoms with E-state index in [1.165, 1.54) is 0 Å². The Kier molecular flexibility index (Phi) is 4.11. The van der Waals surface area contributed by atoms with E-state index < -0.39 is 0 Å². The van der Waals surface area contributed by atoms with Gasteiger partial charge in [-0.25, -0.2) is 0 Å². The molecule has 122 valence electrons. The number of aromatic nitrogens is 2. The Balaban J connectivity index is 1.96. The van der Waals surface area contributed by atoms with Crippen LogP contribution in [0.1, 0.15) is 43.0 Å². The van der Waals surface area contributed by atoms with Crippen LogP contribution in [-0.2, 0) is 11.8 Å². The predicted octanol–water partition coefficient (Wildman–Crippen LogP) is 3.24. The van der Waals surface area contributed by atoms with Gasteiger partial charge in [0.05, 0.1) is 12.3 Å². The summed E-state index contributed by atoms with van der Waals surface area (Å²) in [4.78, 5) is 12.1. The molecule has 0 fully saturated rings. The Morgan fingerprint density at radius 3 is 2.96 bits per heavy atom. The molecule has 1 N–H and O–H groups in total. The number of fused-ring (bicyclic) bond motifs is 1. The van der Waals surface area contributed by atoms with E-state index in [-0.39, 0.29) is 11.8 Å². The number of rotatable bonds is 4. The monoisotopic (exact) mass is 313 g/mol. The minimum absolute atomic E-state index is 0.0232. The first kappa shape index (κ1) is 15.6. The van der Waals surface area contributed by atoms with Gasteiger partial charge in [-0.1, -0.05) is 26.0 Å². The highest BCUT2D eigenvalue weighted by Gasteiger charge is 2.31. The molecule has 2 heterocycles. The number of nitrogens with zero attached hydrogens (tertiary/aromatic N) is 2. The van der Waals surface area contributed by atoms with E-state index >= 15 is 0 Å². The molecular weight excluding hydrogens is 290 g/mol. The normalized spacial score (nSPS) is 17.1. The first-order valence-corrected chi connectivity index (χ1v) is 8.01. The fourth-order valence-corrected chi connectivity index (χ4v) is 3.08. The molecule has 1 aromatic carbocycles. The second kappa shape index (κ2) is 6.07. The van der Waals surface area contributed by atoms with Gasteiger partial charge in [0.25, 0.3) is 0 Å². The van der Waals surface area contributed by atoms with Gasteiger partial charge >= 0.3 is 0 Å². The van der Waals surface area contributed by atoms with Crippen LogP contribution in [-0.4, -0.2) is 22.3 Å². The summed E-state index contributed by atoms with van der Waals surface area (Å²) < 4.78 is 7.57. The van der Waals surface area contributed by atoms with Gasteiger partial charge in [-0.3, -0.25) is 9.48 Å². The van der Waals surface area contributed by atoms with E-state index in [0.29, 0.717) is 18.9 Å².